The third-order valence-electron chi connectivity index (χ3n) is 1.85. The van der Waals surface area contributed by atoms with Crippen LogP contribution in [0.25, 0.3) is 0 Å². The monoisotopic (exact) mass is 182 g/mol. The maximum absolute atomic E-state index is 2.23. The molecule has 0 bridgehead atoms. The highest BCUT2D eigenvalue weighted by Crippen LogP contribution is 2.14. The standard InChI is InChI=1S/C10H14.C2H6.H2O/c1-3-10-8-6-4-5-7-9(10)2;1-2;/h5-8H,3-4H2,1-2H3;1-2H3;1H2. The third-order valence-corrected chi connectivity index (χ3v) is 1.85. The second-order valence-corrected chi connectivity index (χ2v) is 2.60. The summed E-state index contributed by atoms with van der Waals surface area (Å²) in [5, 5.41) is 0. The van der Waals surface area contributed by atoms with E-state index in [0.717, 1.165) is 12.8 Å². The maximum Gasteiger partial charge on any atom is -0.0163 e. The molecule has 13 heavy (non-hydrogen) atoms. The van der Waals surface area contributed by atoms with Crippen molar-refractivity contribution in [3.05, 3.63) is 35.5 Å². The Morgan fingerprint density at radius 1 is 1.15 bits per heavy atom. The summed E-state index contributed by atoms with van der Waals surface area (Å²) < 4.78 is 0. The minimum atomic E-state index is 0. The van der Waals surface area contributed by atoms with E-state index in [-0.39, 0.29) is 5.48 Å². The Labute approximate surface area is 82.2 Å². The Morgan fingerprint density at radius 3 is 2.23 bits per heavy atom. The van der Waals surface area contributed by atoms with Crippen LogP contribution in [0.5, 0.6) is 0 Å². The first-order valence-corrected chi connectivity index (χ1v) is 4.87. The van der Waals surface area contributed by atoms with Crippen molar-refractivity contribution in [3.63, 3.8) is 0 Å². The summed E-state index contributed by atoms with van der Waals surface area (Å²) in [4.78, 5) is 0. The largest absolute Gasteiger partial charge is 0.412 e. The molecule has 76 valence electrons. The van der Waals surface area contributed by atoms with Crippen molar-refractivity contribution in [1.29, 1.82) is 0 Å². The van der Waals surface area contributed by atoms with Gasteiger partial charge in [0.25, 0.3) is 0 Å². The Bertz CT molecular complexity index is 197. The second kappa shape index (κ2) is 9.27. The summed E-state index contributed by atoms with van der Waals surface area (Å²) in [7, 11) is 0. The van der Waals surface area contributed by atoms with Gasteiger partial charge in [-0.3, -0.25) is 0 Å². The van der Waals surface area contributed by atoms with E-state index in [1.54, 1.807) is 0 Å². The van der Waals surface area contributed by atoms with E-state index < -0.39 is 0 Å². The van der Waals surface area contributed by atoms with Crippen LogP contribution in [0.2, 0.25) is 0 Å². The van der Waals surface area contributed by atoms with Crippen LogP contribution in [-0.2, 0) is 0 Å². The van der Waals surface area contributed by atoms with E-state index >= 15 is 0 Å². The van der Waals surface area contributed by atoms with Crippen molar-refractivity contribution in [3.8, 4) is 0 Å². The van der Waals surface area contributed by atoms with Crippen LogP contribution in [0.4, 0.5) is 0 Å². The second-order valence-electron chi connectivity index (χ2n) is 2.60. The van der Waals surface area contributed by atoms with Gasteiger partial charge in [-0.2, -0.15) is 0 Å². The fraction of sp³-hybridized carbons (Fsp3) is 0.500. The summed E-state index contributed by atoms with van der Waals surface area (Å²) in [5.74, 6) is 0. The van der Waals surface area contributed by atoms with E-state index in [1.165, 1.54) is 11.1 Å². The Kier molecular flexibility index (Phi) is 10.5. The lowest BCUT2D eigenvalue weighted by Gasteiger charge is -1.98. The van der Waals surface area contributed by atoms with Crippen molar-refractivity contribution < 1.29 is 5.48 Å². The molecule has 0 radical (unpaired) electrons. The molecule has 0 amide bonds. The molecule has 1 aliphatic rings. The molecule has 0 fully saturated rings. The molecule has 1 heteroatoms. The highest BCUT2D eigenvalue weighted by Gasteiger charge is 1.94. The molecule has 0 aliphatic heterocycles. The van der Waals surface area contributed by atoms with Crippen molar-refractivity contribution in [2.24, 2.45) is 0 Å². The van der Waals surface area contributed by atoms with Gasteiger partial charge in [0.2, 0.25) is 0 Å². The van der Waals surface area contributed by atoms with E-state index in [2.05, 4.69) is 38.2 Å². The molecular weight excluding hydrogens is 160 g/mol. The van der Waals surface area contributed by atoms with E-state index in [4.69, 9.17) is 0 Å². The number of allylic oxidation sites excluding steroid dienone is 6. The summed E-state index contributed by atoms with van der Waals surface area (Å²) in [5.41, 5.74) is 2.88. The van der Waals surface area contributed by atoms with Crippen LogP contribution in [0.15, 0.2) is 35.5 Å². The first-order chi connectivity index (χ1) is 5.84. The number of rotatable bonds is 1. The van der Waals surface area contributed by atoms with E-state index in [0.29, 0.717) is 0 Å². The van der Waals surface area contributed by atoms with Gasteiger partial charge in [-0.25, -0.2) is 0 Å². The van der Waals surface area contributed by atoms with E-state index in [1.807, 2.05) is 13.8 Å². The molecule has 0 aromatic carbocycles. The maximum atomic E-state index is 2.23. The van der Waals surface area contributed by atoms with Crippen LogP contribution in [0.3, 0.4) is 0 Å². The zero-order chi connectivity index (χ0) is 9.40. The summed E-state index contributed by atoms with van der Waals surface area (Å²) in [6, 6.07) is 0. The van der Waals surface area contributed by atoms with Gasteiger partial charge >= 0.3 is 0 Å². The summed E-state index contributed by atoms with van der Waals surface area (Å²) >= 11 is 0. The van der Waals surface area contributed by atoms with Crippen LogP contribution >= 0.6 is 0 Å². The average Bonchev–Trinajstić information content (AvgIpc) is 2.33. The lowest BCUT2D eigenvalue weighted by atomic mass is 10.1. The van der Waals surface area contributed by atoms with Crippen LogP contribution < -0.4 is 0 Å². The Hall–Kier alpha value is -0.820. The highest BCUT2D eigenvalue weighted by molar-refractivity contribution is 5.34. The van der Waals surface area contributed by atoms with Crippen molar-refractivity contribution >= 4 is 0 Å². The summed E-state index contributed by atoms with van der Waals surface area (Å²) in [6.07, 6.45) is 11.1. The van der Waals surface area contributed by atoms with Crippen molar-refractivity contribution in [1.82, 2.24) is 0 Å². The predicted molar refractivity (Wildman–Crippen MR) is 60.8 cm³/mol. The lowest BCUT2D eigenvalue weighted by Crippen LogP contribution is -1.77. The topological polar surface area (TPSA) is 31.5 Å². The number of hydrogen-bond donors (Lipinski definition) is 0. The van der Waals surface area contributed by atoms with Crippen LogP contribution in [0, 0.1) is 0 Å². The average molecular weight is 182 g/mol. The normalized spacial score (nSPS) is 14.2. The molecule has 0 aromatic heterocycles. The minimum Gasteiger partial charge on any atom is -0.412 e. The third kappa shape index (κ3) is 5.42. The SMILES string of the molecule is CC.CCC1=C(C)C=CCC=C1.O. The molecule has 0 unspecified atom stereocenters. The molecule has 0 atom stereocenters. The van der Waals surface area contributed by atoms with Crippen molar-refractivity contribution in [2.75, 3.05) is 0 Å². The smallest absolute Gasteiger partial charge is 0.0163 e. The van der Waals surface area contributed by atoms with E-state index in [9.17, 15) is 0 Å². The van der Waals surface area contributed by atoms with Gasteiger partial charge in [0.05, 0.1) is 0 Å². The van der Waals surface area contributed by atoms with Gasteiger partial charge in [-0.05, 0) is 30.9 Å². The lowest BCUT2D eigenvalue weighted by molar-refractivity contribution is 0.824. The quantitative estimate of drug-likeness (QED) is 0.595. The zero-order valence-corrected chi connectivity index (χ0v) is 9.22. The molecule has 2 N–H and O–H groups in total. The molecule has 0 heterocycles. The highest BCUT2D eigenvalue weighted by atomic mass is 16.0. The molecular formula is C12H22O. The Morgan fingerprint density at radius 2 is 1.69 bits per heavy atom. The van der Waals surface area contributed by atoms with Crippen molar-refractivity contribution in [2.45, 2.75) is 40.5 Å². The van der Waals surface area contributed by atoms with Gasteiger partial charge < -0.3 is 5.48 Å². The minimum absolute atomic E-state index is 0. The predicted octanol–water partition coefficient (Wildman–Crippen LogP) is 3.43. The fourth-order valence-corrected chi connectivity index (χ4v) is 1.17. The van der Waals surface area contributed by atoms with Crippen LogP contribution in [0.1, 0.15) is 40.5 Å². The first kappa shape index (κ1) is 14.7. The fourth-order valence-electron chi connectivity index (χ4n) is 1.17. The molecule has 0 saturated carbocycles. The van der Waals surface area contributed by atoms with Gasteiger partial charge in [0.15, 0.2) is 0 Å². The molecule has 0 saturated heterocycles. The van der Waals surface area contributed by atoms with Gasteiger partial charge in [-0.15, -0.1) is 0 Å². The molecule has 1 aliphatic carbocycles. The molecule has 1 rings (SSSR count). The Balaban J connectivity index is 0. The molecule has 0 spiro atoms. The number of hydrogen-bond acceptors (Lipinski definition) is 0. The van der Waals surface area contributed by atoms with Gasteiger partial charge in [-0.1, -0.05) is 45.1 Å². The molecule has 1 nitrogen and oxygen atoms in total. The van der Waals surface area contributed by atoms with Crippen LogP contribution in [-0.4, -0.2) is 5.48 Å². The van der Waals surface area contributed by atoms with Gasteiger partial charge in [0, 0.05) is 0 Å². The zero-order valence-electron chi connectivity index (χ0n) is 9.22. The summed E-state index contributed by atoms with van der Waals surface area (Å²) in [6.45, 7) is 8.37. The first-order valence-electron chi connectivity index (χ1n) is 4.87. The molecule has 0 aromatic rings. The van der Waals surface area contributed by atoms with Gasteiger partial charge in [0.1, 0.15) is 0 Å².